The smallest absolute Gasteiger partial charge is 0.340 e. The summed E-state index contributed by atoms with van der Waals surface area (Å²) in [6.45, 7) is 7.28. The molecule has 1 saturated carbocycles. The van der Waals surface area contributed by atoms with Crippen molar-refractivity contribution in [2.45, 2.75) is 13.8 Å². The molecule has 0 saturated heterocycles. The van der Waals surface area contributed by atoms with Crippen LogP contribution in [0.5, 0.6) is 0 Å². The highest BCUT2D eigenvalue weighted by atomic mass is 35.5. The molecule has 0 aromatic carbocycles. The van der Waals surface area contributed by atoms with E-state index in [2.05, 4.69) is 11.3 Å². The van der Waals surface area contributed by atoms with Crippen molar-refractivity contribution in [3.8, 4) is 0 Å². The number of carbonyl (C=O) groups excluding carboxylic acids is 2. The number of rotatable bonds is 4. The first-order valence-corrected chi connectivity index (χ1v) is 5.83. The Labute approximate surface area is 110 Å². The summed E-state index contributed by atoms with van der Waals surface area (Å²) in [6, 6.07) is 0. The molecule has 0 aliphatic heterocycles. The first kappa shape index (κ1) is 14.3. The lowest BCUT2D eigenvalue weighted by Gasteiger charge is -2.03. The average molecular weight is 277 g/mol. The Hall–Kier alpha value is -0.800. The number of carbonyl (C=O) groups is 2. The van der Waals surface area contributed by atoms with Gasteiger partial charge in [0.2, 0.25) is 0 Å². The molecule has 0 bridgehead atoms. The minimum Gasteiger partial charge on any atom is -0.465 e. The third-order valence-electron chi connectivity index (χ3n) is 3.23. The average Bonchev–Trinajstić information content (AvgIpc) is 2.76. The molecule has 94 valence electrons. The van der Waals surface area contributed by atoms with Crippen molar-refractivity contribution in [1.82, 2.24) is 0 Å². The van der Waals surface area contributed by atoms with Crippen LogP contribution in [0.15, 0.2) is 22.7 Å². The zero-order chi connectivity index (χ0) is 13.4. The maximum absolute atomic E-state index is 12.0. The molecule has 1 rings (SSSR count). The molecular formula is C12H14Cl2O3. The summed E-state index contributed by atoms with van der Waals surface area (Å²) in [4.78, 5) is 23.2. The molecule has 0 heterocycles. The number of methoxy groups -OCH3 is 1. The monoisotopic (exact) mass is 276 g/mol. The molecule has 3 nitrogen and oxygen atoms in total. The van der Waals surface area contributed by atoms with E-state index < -0.39 is 5.97 Å². The Balaban J connectivity index is 2.83. The quantitative estimate of drug-likeness (QED) is 0.343. The van der Waals surface area contributed by atoms with E-state index in [0.29, 0.717) is 0 Å². The number of Topliss-reactive ketones (excluding diaryl/α,β-unsaturated/α-hetero) is 1. The van der Waals surface area contributed by atoms with Crippen molar-refractivity contribution in [2.75, 3.05) is 7.11 Å². The fourth-order valence-electron chi connectivity index (χ4n) is 2.04. The predicted octanol–water partition coefficient (Wildman–Crippen LogP) is 2.88. The number of halogens is 2. The molecule has 1 aliphatic carbocycles. The number of hydrogen-bond acceptors (Lipinski definition) is 3. The van der Waals surface area contributed by atoms with Crippen LogP contribution in [0.4, 0.5) is 0 Å². The van der Waals surface area contributed by atoms with E-state index in [-0.39, 0.29) is 33.1 Å². The van der Waals surface area contributed by atoms with E-state index in [4.69, 9.17) is 23.2 Å². The standard InChI is InChI=1S/C12H14Cl2O3/c1-6(11(16)17-4)10(15)9-7(5-8(13)14)12(9,2)3/h5,7,9H,1H2,2-4H3. The number of ketones is 1. The van der Waals surface area contributed by atoms with E-state index >= 15 is 0 Å². The Kier molecular flexibility index (Phi) is 4.05. The molecule has 5 heteroatoms. The van der Waals surface area contributed by atoms with Gasteiger partial charge in [-0.2, -0.15) is 0 Å². The summed E-state index contributed by atoms with van der Waals surface area (Å²) in [5.41, 5.74) is -0.393. The normalized spacial score (nSPS) is 24.8. The highest BCUT2D eigenvalue weighted by Crippen LogP contribution is 2.60. The highest BCUT2D eigenvalue weighted by molar-refractivity contribution is 6.55. The Morgan fingerprint density at radius 2 is 1.88 bits per heavy atom. The first-order valence-electron chi connectivity index (χ1n) is 5.07. The second-order valence-electron chi connectivity index (χ2n) is 4.62. The van der Waals surface area contributed by atoms with Crippen molar-refractivity contribution in [1.29, 1.82) is 0 Å². The van der Waals surface area contributed by atoms with Gasteiger partial charge in [-0.15, -0.1) is 0 Å². The Morgan fingerprint density at radius 3 is 2.29 bits per heavy atom. The van der Waals surface area contributed by atoms with Gasteiger partial charge in [0.1, 0.15) is 4.49 Å². The van der Waals surface area contributed by atoms with Crippen LogP contribution in [0.25, 0.3) is 0 Å². The van der Waals surface area contributed by atoms with Gasteiger partial charge in [-0.3, -0.25) is 4.79 Å². The van der Waals surface area contributed by atoms with E-state index in [1.54, 1.807) is 6.08 Å². The number of hydrogen-bond donors (Lipinski definition) is 0. The molecule has 0 radical (unpaired) electrons. The van der Waals surface area contributed by atoms with Crippen molar-refractivity contribution in [3.63, 3.8) is 0 Å². The number of esters is 1. The summed E-state index contributed by atoms with van der Waals surface area (Å²) >= 11 is 11.2. The molecule has 17 heavy (non-hydrogen) atoms. The van der Waals surface area contributed by atoms with Crippen molar-refractivity contribution < 1.29 is 14.3 Å². The third-order valence-corrected chi connectivity index (χ3v) is 3.48. The molecule has 1 fully saturated rings. The van der Waals surface area contributed by atoms with Gasteiger partial charge in [0.05, 0.1) is 12.7 Å². The van der Waals surface area contributed by atoms with Gasteiger partial charge >= 0.3 is 5.97 Å². The third kappa shape index (κ3) is 2.72. The largest absolute Gasteiger partial charge is 0.465 e. The molecule has 2 unspecified atom stereocenters. The SMILES string of the molecule is C=C(C(=O)OC)C(=O)C1C(C=C(Cl)Cl)C1(C)C. The zero-order valence-corrected chi connectivity index (χ0v) is 11.4. The molecule has 2 atom stereocenters. The molecule has 0 amide bonds. The van der Waals surface area contributed by atoms with Crippen LogP contribution in [0, 0.1) is 17.3 Å². The Morgan fingerprint density at radius 1 is 1.35 bits per heavy atom. The molecule has 0 spiro atoms. The summed E-state index contributed by atoms with van der Waals surface area (Å²) < 4.78 is 4.60. The van der Waals surface area contributed by atoms with Crippen LogP contribution >= 0.6 is 23.2 Å². The molecular weight excluding hydrogens is 263 g/mol. The second kappa shape index (κ2) is 4.83. The van der Waals surface area contributed by atoms with Crippen LogP contribution in [-0.4, -0.2) is 18.9 Å². The highest BCUT2D eigenvalue weighted by Gasteiger charge is 2.61. The molecule has 0 N–H and O–H groups in total. The van der Waals surface area contributed by atoms with Gasteiger partial charge in [0, 0.05) is 5.92 Å². The zero-order valence-electron chi connectivity index (χ0n) is 9.92. The topological polar surface area (TPSA) is 43.4 Å². The summed E-state index contributed by atoms with van der Waals surface area (Å²) in [5, 5.41) is 0. The lowest BCUT2D eigenvalue weighted by Crippen LogP contribution is -2.17. The minimum absolute atomic E-state index is 0.0681. The maximum atomic E-state index is 12.0. The first-order chi connectivity index (χ1) is 7.73. The van der Waals surface area contributed by atoms with E-state index in [9.17, 15) is 9.59 Å². The van der Waals surface area contributed by atoms with Gasteiger partial charge in [-0.25, -0.2) is 4.79 Å². The van der Waals surface area contributed by atoms with Gasteiger partial charge in [-0.1, -0.05) is 43.6 Å². The van der Waals surface area contributed by atoms with Crippen molar-refractivity contribution in [3.05, 3.63) is 22.7 Å². The molecule has 0 aromatic heterocycles. The fraction of sp³-hybridized carbons (Fsp3) is 0.500. The van der Waals surface area contributed by atoms with E-state index in [1.165, 1.54) is 7.11 Å². The molecule has 1 aliphatic rings. The van der Waals surface area contributed by atoms with Crippen LogP contribution in [-0.2, 0) is 14.3 Å². The lowest BCUT2D eigenvalue weighted by molar-refractivity contribution is -0.138. The fourth-order valence-corrected chi connectivity index (χ4v) is 2.31. The van der Waals surface area contributed by atoms with E-state index in [0.717, 1.165) is 0 Å². The maximum Gasteiger partial charge on any atom is 0.340 e. The van der Waals surface area contributed by atoms with Crippen LogP contribution in [0.3, 0.4) is 0 Å². The molecule has 0 aromatic rings. The lowest BCUT2D eigenvalue weighted by atomic mass is 10.0. The number of ether oxygens (including phenoxy) is 1. The number of allylic oxidation sites excluding steroid dienone is 1. The van der Waals surface area contributed by atoms with E-state index in [1.807, 2.05) is 13.8 Å². The van der Waals surface area contributed by atoms with Crippen LogP contribution < -0.4 is 0 Å². The van der Waals surface area contributed by atoms with Crippen molar-refractivity contribution >= 4 is 35.0 Å². The van der Waals surface area contributed by atoms with Crippen molar-refractivity contribution in [2.24, 2.45) is 17.3 Å². The van der Waals surface area contributed by atoms with Gasteiger partial charge in [-0.05, 0) is 17.4 Å². The second-order valence-corrected chi connectivity index (χ2v) is 5.62. The minimum atomic E-state index is -0.697. The van der Waals surface area contributed by atoms with Gasteiger partial charge in [0.25, 0.3) is 0 Å². The Bertz CT molecular complexity index is 406. The van der Waals surface area contributed by atoms with Crippen LogP contribution in [0.1, 0.15) is 13.8 Å². The summed E-state index contributed by atoms with van der Waals surface area (Å²) in [5.74, 6) is -1.39. The van der Waals surface area contributed by atoms with Gasteiger partial charge < -0.3 is 4.74 Å². The van der Waals surface area contributed by atoms with Gasteiger partial charge in [0.15, 0.2) is 5.78 Å². The summed E-state index contributed by atoms with van der Waals surface area (Å²) in [6.07, 6.45) is 1.62. The predicted molar refractivity (Wildman–Crippen MR) is 66.7 cm³/mol. The summed E-state index contributed by atoms with van der Waals surface area (Å²) in [7, 11) is 1.21. The van der Waals surface area contributed by atoms with Crippen LogP contribution in [0.2, 0.25) is 0 Å².